The van der Waals surface area contributed by atoms with Crippen LogP contribution < -0.4 is 15.4 Å². The highest BCUT2D eigenvalue weighted by molar-refractivity contribution is 7.92. The minimum atomic E-state index is -3.33. The van der Waals surface area contributed by atoms with Gasteiger partial charge in [-0.05, 0) is 49.2 Å². The standard InChI is InChI=1S/C21H21F2N5O3S/c1-2-32(30,31)28-16-6-3-14(4-7-16)9-11-24-20(29)19-10-12-25-21(27-19)26-18-8-5-15(22)13-17(18)23/h3-8,10,12-13,28H,2,9,11H2,1H3,(H,24,29)(H,25,26,27). The molecule has 0 radical (unpaired) electrons. The molecule has 32 heavy (non-hydrogen) atoms. The van der Waals surface area contributed by atoms with E-state index >= 15 is 0 Å². The van der Waals surface area contributed by atoms with E-state index in [1.807, 2.05) is 0 Å². The molecule has 168 valence electrons. The Kier molecular flexibility index (Phi) is 7.31. The highest BCUT2D eigenvalue weighted by atomic mass is 32.2. The average Bonchev–Trinajstić information content (AvgIpc) is 2.77. The predicted molar refractivity (Wildman–Crippen MR) is 117 cm³/mol. The predicted octanol–water partition coefficient (Wildman–Crippen LogP) is 3.23. The van der Waals surface area contributed by atoms with Gasteiger partial charge in [0, 0.05) is 24.5 Å². The zero-order valence-corrected chi connectivity index (χ0v) is 17.9. The van der Waals surface area contributed by atoms with Gasteiger partial charge in [0.15, 0.2) is 0 Å². The second kappa shape index (κ2) is 10.1. The van der Waals surface area contributed by atoms with Gasteiger partial charge < -0.3 is 10.6 Å². The number of hydrogen-bond donors (Lipinski definition) is 3. The van der Waals surface area contributed by atoms with Crippen LogP contribution in [0.4, 0.5) is 26.1 Å². The summed E-state index contributed by atoms with van der Waals surface area (Å²) in [7, 11) is -3.33. The number of hydrogen-bond acceptors (Lipinski definition) is 6. The Morgan fingerprint density at radius 2 is 1.81 bits per heavy atom. The van der Waals surface area contributed by atoms with Crippen LogP contribution >= 0.6 is 0 Å². The molecule has 0 saturated carbocycles. The van der Waals surface area contributed by atoms with E-state index in [0.717, 1.165) is 17.7 Å². The molecule has 0 aliphatic heterocycles. The van der Waals surface area contributed by atoms with Crippen molar-refractivity contribution < 1.29 is 22.0 Å². The highest BCUT2D eigenvalue weighted by Gasteiger charge is 2.11. The molecule has 1 aromatic heterocycles. The molecular formula is C21H21F2N5O3S. The molecule has 0 aliphatic carbocycles. The maximum Gasteiger partial charge on any atom is 0.270 e. The van der Waals surface area contributed by atoms with Gasteiger partial charge in [0.05, 0.1) is 11.4 Å². The van der Waals surface area contributed by atoms with Crippen LogP contribution in [0.5, 0.6) is 0 Å². The van der Waals surface area contributed by atoms with Gasteiger partial charge in [-0.1, -0.05) is 12.1 Å². The van der Waals surface area contributed by atoms with Crippen molar-refractivity contribution in [1.29, 1.82) is 0 Å². The third kappa shape index (κ3) is 6.45. The molecule has 0 atom stereocenters. The maximum absolute atomic E-state index is 13.8. The first-order valence-corrected chi connectivity index (χ1v) is 11.3. The van der Waals surface area contributed by atoms with Crippen molar-refractivity contribution >= 4 is 33.3 Å². The van der Waals surface area contributed by atoms with Crippen molar-refractivity contribution in [2.75, 3.05) is 22.3 Å². The quantitative estimate of drug-likeness (QED) is 0.451. The molecule has 1 heterocycles. The number of aromatic nitrogens is 2. The third-order valence-corrected chi connectivity index (χ3v) is 5.68. The number of sulfonamides is 1. The van der Waals surface area contributed by atoms with E-state index in [1.54, 1.807) is 31.2 Å². The van der Waals surface area contributed by atoms with E-state index in [1.165, 1.54) is 18.3 Å². The lowest BCUT2D eigenvalue weighted by atomic mass is 10.1. The smallest absolute Gasteiger partial charge is 0.270 e. The van der Waals surface area contributed by atoms with Crippen LogP contribution in [-0.4, -0.2) is 36.6 Å². The number of benzene rings is 2. The van der Waals surface area contributed by atoms with Gasteiger partial charge >= 0.3 is 0 Å². The third-order valence-electron chi connectivity index (χ3n) is 4.37. The first-order valence-electron chi connectivity index (χ1n) is 9.68. The molecule has 8 nitrogen and oxygen atoms in total. The fourth-order valence-electron chi connectivity index (χ4n) is 2.66. The number of nitrogens with one attached hydrogen (secondary N) is 3. The molecule has 2 aromatic carbocycles. The zero-order chi connectivity index (χ0) is 23.1. The largest absolute Gasteiger partial charge is 0.350 e. The number of halogens is 2. The summed E-state index contributed by atoms with van der Waals surface area (Å²) in [6.07, 6.45) is 1.87. The minimum Gasteiger partial charge on any atom is -0.350 e. The SMILES string of the molecule is CCS(=O)(=O)Nc1ccc(CCNC(=O)c2ccnc(Nc3ccc(F)cc3F)n2)cc1. The van der Waals surface area contributed by atoms with Crippen molar-refractivity contribution in [3.8, 4) is 0 Å². The van der Waals surface area contributed by atoms with Crippen LogP contribution in [0.15, 0.2) is 54.7 Å². The van der Waals surface area contributed by atoms with Crippen molar-refractivity contribution in [1.82, 2.24) is 15.3 Å². The summed E-state index contributed by atoms with van der Waals surface area (Å²) in [5, 5.41) is 5.34. The molecule has 3 N–H and O–H groups in total. The van der Waals surface area contributed by atoms with Gasteiger partial charge in [-0.15, -0.1) is 0 Å². The number of carbonyl (C=O) groups is 1. The summed E-state index contributed by atoms with van der Waals surface area (Å²) >= 11 is 0. The van der Waals surface area contributed by atoms with Crippen molar-refractivity contribution in [2.24, 2.45) is 0 Å². The van der Waals surface area contributed by atoms with Gasteiger partial charge in [0.2, 0.25) is 16.0 Å². The van der Waals surface area contributed by atoms with Gasteiger partial charge in [-0.2, -0.15) is 0 Å². The second-order valence-corrected chi connectivity index (χ2v) is 8.73. The molecule has 0 bridgehead atoms. The van der Waals surface area contributed by atoms with E-state index in [0.29, 0.717) is 18.7 Å². The molecule has 0 fully saturated rings. The molecule has 1 amide bonds. The van der Waals surface area contributed by atoms with E-state index in [4.69, 9.17) is 0 Å². The molecule has 0 unspecified atom stereocenters. The van der Waals surface area contributed by atoms with Gasteiger partial charge in [-0.3, -0.25) is 9.52 Å². The van der Waals surface area contributed by atoms with Crippen LogP contribution in [0.1, 0.15) is 23.0 Å². The first-order chi connectivity index (χ1) is 15.3. The highest BCUT2D eigenvalue weighted by Crippen LogP contribution is 2.18. The van der Waals surface area contributed by atoms with Crippen molar-refractivity contribution in [3.05, 3.63) is 77.6 Å². The van der Waals surface area contributed by atoms with Crippen LogP contribution in [0, 0.1) is 11.6 Å². The maximum atomic E-state index is 13.8. The lowest BCUT2D eigenvalue weighted by molar-refractivity contribution is 0.0949. The zero-order valence-electron chi connectivity index (χ0n) is 17.1. The summed E-state index contributed by atoms with van der Waals surface area (Å²) in [6.45, 7) is 1.87. The molecule has 3 rings (SSSR count). The van der Waals surface area contributed by atoms with E-state index in [9.17, 15) is 22.0 Å². The Morgan fingerprint density at radius 1 is 1.06 bits per heavy atom. The molecule has 0 spiro atoms. The molecular weight excluding hydrogens is 440 g/mol. The Morgan fingerprint density at radius 3 is 2.50 bits per heavy atom. The fourth-order valence-corrected chi connectivity index (χ4v) is 3.30. The van der Waals surface area contributed by atoms with Gasteiger partial charge in [-0.25, -0.2) is 27.2 Å². The Labute approximate surface area is 184 Å². The summed E-state index contributed by atoms with van der Waals surface area (Å²) in [4.78, 5) is 20.4. The molecule has 0 aliphatic rings. The fraction of sp³-hybridized carbons (Fsp3) is 0.190. The van der Waals surface area contributed by atoms with Crippen LogP contribution in [-0.2, 0) is 16.4 Å². The van der Waals surface area contributed by atoms with Gasteiger partial charge in [0.1, 0.15) is 17.3 Å². The van der Waals surface area contributed by atoms with E-state index in [-0.39, 0.29) is 23.1 Å². The Balaban J connectivity index is 1.54. The number of nitrogens with zero attached hydrogens (tertiary/aromatic N) is 2. The summed E-state index contributed by atoms with van der Waals surface area (Å²) in [5.74, 6) is -1.98. The molecule has 11 heteroatoms. The average molecular weight is 461 g/mol. The number of rotatable bonds is 9. The first kappa shape index (κ1) is 23.1. The molecule has 3 aromatic rings. The normalized spacial score (nSPS) is 11.1. The molecule has 0 saturated heterocycles. The van der Waals surface area contributed by atoms with E-state index < -0.39 is 27.6 Å². The Bertz CT molecular complexity index is 1200. The lowest BCUT2D eigenvalue weighted by Crippen LogP contribution is -2.26. The van der Waals surface area contributed by atoms with Crippen molar-refractivity contribution in [2.45, 2.75) is 13.3 Å². The Hall–Kier alpha value is -3.60. The minimum absolute atomic E-state index is 0.00622. The van der Waals surface area contributed by atoms with Gasteiger partial charge in [0.25, 0.3) is 5.91 Å². The summed E-state index contributed by atoms with van der Waals surface area (Å²) in [5.41, 5.74) is 1.43. The van der Waals surface area contributed by atoms with Crippen molar-refractivity contribution in [3.63, 3.8) is 0 Å². The lowest BCUT2D eigenvalue weighted by Gasteiger charge is -2.09. The van der Waals surface area contributed by atoms with Crippen LogP contribution in [0.2, 0.25) is 0 Å². The topological polar surface area (TPSA) is 113 Å². The second-order valence-electron chi connectivity index (χ2n) is 6.72. The van der Waals surface area contributed by atoms with Crippen LogP contribution in [0.25, 0.3) is 0 Å². The number of anilines is 3. The summed E-state index contributed by atoms with van der Waals surface area (Å²) < 4.78 is 52.4. The number of amides is 1. The number of carbonyl (C=O) groups excluding carboxylic acids is 1. The van der Waals surface area contributed by atoms with E-state index in [2.05, 4.69) is 25.3 Å². The van der Waals surface area contributed by atoms with Crippen LogP contribution in [0.3, 0.4) is 0 Å². The summed E-state index contributed by atoms with van der Waals surface area (Å²) in [6, 6.07) is 11.3. The monoisotopic (exact) mass is 461 g/mol.